The van der Waals surface area contributed by atoms with Crippen molar-refractivity contribution < 1.29 is 14.5 Å². The van der Waals surface area contributed by atoms with Crippen molar-refractivity contribution in [2.45, 2.75) is 39.7 Å². The van der Waals surface area contributed by atoms with Gasteiger partial charge in [-0.15, -0.1) is 0 Å². The van der Waals surface area contributed by atoms with Gasteiger partial charge in [-0.05, 0) is 49.9 Å². The molecule has 1 aliphatic rings. The number of aryl methyl sites for hydroxylation is 1. The van der Waals surface area contributed by atoms with Gasteiger partial charge in [-0.2, -0.15) is 0 Å². The fourth-order valence-electron chi connectivity index (χ4n) is 3.97. The summed E-state index contributed by atoms with van der Waals surface area (Å²) in [6.07, 6.45) is 1.81. The molecular weight excluding hydrogens is 350 g/mol. The number of carbonyl (C=O) groups excluding carboxylic acids is 2. The third-order valence-corrected chi connectivity index (χ3v) is 5.31. The van der Waals surface area contributed by atoms with E-state index in [4.69, 9.17) is 0 Å². The van der Waals surface area contributed by atoms with E-state index in [-0.39, 0.29) is 24.4 Å². The molecule has 0 saturated heterocycles. The number of carbonyl (C=O) groups is 2. The zero-order chi connectivity index (χ0) is 20.1. The maximum absolute atomic E-state index is 13.1. The lowest BCUT2D eigenvalue weighted by atomic mass is 10.1. The molecule has 0 bridgehead atoms. The third-order valence-electron chi connectivity index (χ3n) is 5.31. The molecule has 5 heteroatoms. The summed E-state index contributed by atoms with van der Waals surface area (Å²) >= 11 is 0. The van der Waals surface area contributed by atoms with Crippen LogP contribution in [0.15, 0.2) is 48.5 Å². The summed E-state index contributed by atoms with van der Waals surface area (Å²) in [6.45, 7) is 7.55. The Hall–Kier alpha value is -2.66. The number of anilines is 2. The summed E-state index contributed by atoms with van der Waals surface area (Å²) in [4.78, 5) is 28.5. The molecule has 148 valence electrons. The number of hydrogen-bond acceptors (Lipinski definition) is 2. The summed E-state index contributed by atoms with van der Waals surface area (Å²) in [5.41, 5.74) is 4.10. The largest absolute Gasteiger partial charge is 0.321 e. The van der Waals surface area contributed by atoms with E-state index in [9.17, 15) is 9.59 Å². The van der Waals surface area contributed by atoms with Crippen molar-refractivity contribution in [2.75, 3.05) is 29.9 Å². The van der Waals surface area contributed by atoms with Crippen molar-refractivity contribution >= 4 is 23.2 Å². The van der Waals surface area contributed by atoms with Gasteiger partial charge < -0.3 is 15.1 Å². The van der Waals surface area contributed by atoms with Crippen LogP contribution in [0.5, 0.6) is 0 Å². The smallest absolute Gasteiger partial charge is 0.282 e. The zero-order valence-electron chi connectivity index (χ0n) is 17.0. The van der Waals surface area contributed by atoms with Gasteiger partial charge in [0.2, 0.25) is 0 Å². The monoisotopic (exact) mass is 380 g/mol. The van der Waals surface area contributed by atoms with Crippen molar-refractivity contribution in [1.82, 2.24) is 0 Å². The lowest BCUT2D eigenvalue weighted by molar-refractivity contribution is -0.883. The minimum Gasteiger partial charge on any atom is -0.321 e. The van der Waals surface area contributed by atoms with E-state index in [1.54, 1.807) is 0 Å². The number of benzene rings is 2. The number of para-hydroxylation sites is 2. The second kappa shape index (κ2) is 9.02. The molecule has 2 N–H and O–H groups in total. The molecule has 2 aromatic rings. The molecule has 0 saturated carbocycles. The zero-order valence-corrected chi connectivity index (χ0v) is 17.0. The Bertz CT molecular complexity index is 849. The predicted molar refractivity (Wildman–Crippen MR) is 113 cm³/mol. The molecule has 2 aromatic carbocycles. The van der Waals surface area contributed by atoms with Crippen LogP contribution in [0.1, 0.15) is 31.4 Å². The molecule has 0 aliphatic carbocycles. The summed E-state index contributed by atoms with van der Waals surface area (Å²) in [7, 11) is 0. The maximum atomic E-state index is 13.1. The number of amides is 2. The first kappa shape index (κ1) is 20.1. The second-order valence-corrected chi connectivity index (χ2v) is 7.66. The first-order valence-corrected chi connectivity index (χ1v) is 10.1. The van der Waals surface area contributed by atoms with Gasteiger partial charge in [0.15, 0.2) is 13.1 Å². The molecule has 28 heavy (non-hydrogen) atoms. The lowest BCUT2D eigenvalue weighted by Gasteiger charge is -2.25. The maximum Gasteiger partial charge on any atom is 0.282 e. The van der Waals surface area contributed by atoms with Crippen LogP contribution in [-0.2, 0) is 16.0 Å². The van der Waals surface area contributed by atoms with E-state index in [0.29, 0.717) is 6.54 Å². The van der Waals surface area contributed by atoms with E-state index in [1.165, 1.54) is 5.56 Å². The van der Waals surface area contributed by atoms with Gasteiger partial charge in [0.25, 0.3) is 11.8 Å². The second-order valence-electron chi connectivity index (χ2n) is 7.66. The molecule has 2 amide bonds. The molecule has 1 unspecified atom stereocenters. The highest BCUT2D eigenvalue weighted by Gasteiger charge is 2.32. The van der Waals surface area contributed by atoms with Crippen LogP contribution < -0.4 is 15.1 Å². The summed E-state index contributed by atoms with van der Waals surface area (Å²) in [5, 5.41) is 2.98. The summed E-state index contributed by atoms with van der Waals surface area (Å²) in [5.74, 6) is 0.0324. The van der Waals surface area contributed by atoms with Crippen LogP contribution >= 0.6 is 0 Å². The van der Waals surface area contributed by atoms with Crippen molar-refractivity contribution in [2.24, 2.45) is 0 Å². The fourth-order valence-corrected chi connectivity index (χ4v) is 3.97. The molecule has 2 atom stereocenters. The Balaban J connectivity index is 1.65. The molecule has 0 fully saturated rings. The fraction of sp³-hybridized carbons (Fsp3) is 0.391. The summed E-state index contributed by atoms with van der Waals surface area (Å²) < 4.78 is 0. The Morgan fingerprint density at radius 1 is 1.11 bits per heavy atom. The van der Waals surface area contributed by atoms with Crippen LogP contribution in [0.4, 0.5) is 11.4 Å². The van der Waals surface area contributed by atoms with E-state index in [0.717, 1.165) is 41.2 Å². The highest BCUT2D eigenvalue weighted by molar-refractivity contribution is 5.97. The molecule has 0 aromatic heterocycles. The standard InChI is InChI=1S/C23H29N3O2/c1-4-13-25(15-22(27)24-20-11-7-5-9-17(20)2)16-23(28)26-18(3)14-19-10-6-8-12-21(19)26/h5-12,18H,4,13-16H2,1-3H3,(H,24,27)/p+1/t18-/m1/s1. The lowest BCUT2D eigenvalue weighted by Crippen LogP contribution is -3.14. The Morgan fingerprint density at radius 3 is 2.57 bits per heavy atom. The van der Waals surface area contributed by atoms with E-state index < -0.39 is 0 Å². The molecular formula is C23H30N3O2+. The molecule has 3 rings (SSSR count). The first-order valence-electron chi connectivity index (χ1n) is 10.1. The average molecular weight is 381 g/mol. The van der Waals surface area contributed by atoms with Gasteiger partial charge >= 0.3 is 0 Å². The number of quaternary nitrogens is 1. The normalized spacial score (nSPS) is 16.5. The van der Waals surface area contributed by atoms with E-state index >= 15 is 0 Å². The molecule has 0 spiro atoms. The van der Waals surface area contributed by atoms with E-state index in [1.807, 2.05) is 54.3 Å². The van der Waals surface area contributed by atoms with Gasteiger partial charge in [0, 0.05) is 17.4 Å². The topological polar surface area (TPSA) is 53.9 Å². The van der Waals surface area contributed by atoms with Crippen molar-refractivity contribution in [1.29, 1.82) is 0 Å². The van der Waals surface area contributed by atoms with Gasteiger partial charge in [0.05, 0.1) is 6.54 Å². The number of hydrogen-bond donors (Lipinski definition) is 2. The van der Waals surface area contributed by atoms with Crippen LogP contribution in [0.3, 0.4) is 0 Å². The van der Waals surface area contributed by atoms with Gasteiger partial charge in [-0.3, -0.25) is 9.59 Å². The van der Waals surface area contributed by atoms with Crippen LogP contribution in [0.2, 0.25) is 0 Å². The number of fused-ring (bicyclic) bond motifs is 1. The number of nitrogens with zero attached hydrogens (tertiary/aromatic N) is 1. The van der Waals surface area contributed by atoms with Crippen LogP contribution in [0.25, 0.3) is 0 Å². The number of rotatable bonds is 7. The molecule has 5 nitrogen and oxygen atoms in total. The first-order chi connectivity index (χ1) is 13.5. The Morgan fingerprint density at radius 2 is 1.82 bits per heavy atom. The molecule has 1 heterocycles. The minimum atomic E-state index is -0.0552. The van der Waals surface area contributed by atoms with Gasteiger partial charge in [0.1, 0.15) is 0 Å². The Kier molecular flexibility index (Phi) is 6.47. The molecule has 1 aliphatic heterocycles. The highest BCUT2D eigenvalue weighted by atomic mass is 16.2. The van der Waals surface area contributed by atoms with Crippen LogP contribution in [0, 0.1) is 6.92 Å². The highest BCUT2D eigenvalue weighted by Crippen LogP contribution is 2.31. The van der Waals surface area contributed by atoms with Crippen molar-refractivity contribution in [3.8, 4) is 0 Å². The van der Waals surface area contributed by atoms with Crippen molar-refractivity contribution in [3.63, 3.8) is 0 Å². The number of nitrogens with one attached hydrogen (secondary N) is 2. The Labute approximate surface area is 167 Å². The van der Waals surface area contributed by atoms with Gasteiger partial charge in [-0.25, -0.2) is 0 Å². The summed E-state index contributed by atoms with van der Waals surface area (Å²) in [6, 6.07) is 16.0. The SMILES string of the molecule is CCC[NH+](CC(=O)Nc1ccccc1C)CC(=O)N1c2ccccc2C[C@H]1C. The quantitative estimate of drug-likeness (QED) is 0.774. The van der Waals surface area contributed by atoms with Crippen LogP contribution in [-0.4, -0.2) is 37.5 Å². The van der Waals surface area contributed by atoms with E-state index in [2.05, 4.69) is 25.2 Å². The third kappa shape index (κ3) is 4.60. The molecule has 0 radical (unpaired) electrons. The minimum absolute atomic E-state index is 0.0552. The predicted octanol–water partition coefficient (Wildman–Crippen LogP) is 2.21. The van der Waals surface area contributed by atoms with Gasteiger partial charge in [-0.1, -0.05) is 43.3 Å². The average Bonchev–Trinajstić information content (AvgIpc) is 2.99. The van der Waals surface area contributed by atoms with Crippen molar-refractivity contribution in [3.05, 3.63) is 59.7 Å².